The van der Waals surface area contributed by atoms with Crippen LogP contribution in [0.2, 0.25) is 0 Å². The lowest BCUT2D eigenvalue weighted by Gasteiger charge is -2.12. The molecule has 1 heterocycles. The number of anilines is 2. The maximum atomic E-state index is 11.9. The minimum atomic E-state index is -0.525. The van der Waals surface area contributed by atoms with E-state index in [4.69, 9.17) is 19.9 Å². The molecule has 3 aromatic rings. The summed E-state index contributed by atoms with van der Waals surface area (Å²) in [6.07, 6.45) is -0.525. The van der Waals surface area contributed by atoms with Crippen molar-refractivity contribution in [1.82, 2.24) is 4.57 Å². The molecule has 0 fully saturated rings. The number of nitrogens with zero attached hydrogens (tertiary/aromatic N) is 1. The van der Waals surface area contributed by atoms with E-state index in [1.807, 2.05) is 36.4 Å². The summed E-state index contributed by atoms with van der Waals surface area (Å²) in [4.78, 5) is 11.9. The molecule has 28 heavy (non-hydrogen) atoms. The Morgan fingerprint density at radius 1 is 1.14 bits per heavy atom. The van der Waals surface area contributed by atoms with Crippen molar-refractivity contribution in [2.45, 2.75) is 13.5 Å². The normalized spacial score (nSPS) is 10.8. The number of ether oxygens (including phenoxy) is 3. The molecule has 7 heteroatoms. The van der Waals surface area contributed by atoms with Crippen molar-refractivity contribution >= 4 is 28.4 Å². The summed E-state index contributed by atoms with van der Waals surface area (Å²) in [7, 11) is 3.20. The molecule has 0 spiro atoms. The maximum Gasteiger partial charge on any atom is 0.411 e. The maximum absolute atomic E-state index is 11.9. The number of carbonyl (C=O) groups excluding carboxylic acids is 1. The van der Waals surface area contributed by atoms with Crippen LogP contribution in [0.5, 0.6) is 5.75 Å². The molecule has 0 saturated carbocycles. The van der Waals surface area contributed by atoms with Gasteiger partial charge in [0.1, 0.15) is 12.4 Å². The number of methoxy groups -OCH3 is 2. The van der Waals surface area contributed by atoms with E-state index in [9.17, 15) is 4.79 Å². The number of fused-ring (bicyclic) bond motifs is 1. The van der Waals surface area contributed by atoms with E-state index in [0.717, 1.165) is 34.5 Å². The van der Waals surface area contributed by atoms with Crippen molar-refractivity contribution in [3.8, 4) is 17.0 Å². The molecule has 1 amide bonds. The van der Waals surface area contributed by atoms with Crippen molar-refractivity contribution in [3.05, 3.63) is 42.5 Å². The number of carbonyl (C=O) groups is 1. The third-order valence-electron chi connectivity index (χ3n) is 4.53. The molecule has 0 bridgehead atoms. The summed E-state index contributed by atoms with van der Waals surface area (Å²) < 4.78 is 17.4. The second-order valence-corrected chi connectivity index (χ2v) is 6.22. The molecule has 0 atom stereocenters. The summed E-state index contributed by atoms with van der Waals surface area (Å²) in [6.45, 7) is 3.36. The second kappa shape index (κ2) is 8.67. The Morgan fingerprint density at radius 3 is 2.68 bits per heavy atom. The van der Waals surface area contributed by atoms with E-state index in [2.05, 4.69) is 16.8 Å². The topological polar surface area (TPSA) is 87.7 Å². The van der Waals surface area contributed by atoms with Gasteiger partial charge in [0.2, 0.25) is 0 Å². The zero-order chi connectivity index (χ0) is 20.1. The Kier molecular flexibility index (Phi) is 6.06. The number of nitrogens with one attached hydrogen (secondary N) is 1. The molecule has 0 radical (unpaired) electrons. The molecule has 0 saturated heterocycles. The van der Waals surface area contributed by atoms with E-state index in [1.165, 1.54) is 0 Å². The standard InChI is InChI=1S/C21H25N3O4/c1-4-24-18-13-16(27-3)8-9-17(18)19(22)20(24)14-6-5-7-15(12-14)23-21(25)28-11-10-26-2/h5-9,12-13H,4,10-11,22H2,1-3H3,(H,23,25). The van der Waals surface area contributed by atoms with Gasteiger partial charge in [-0.05, 0) is 31.2 Å². The molecular formula is C21H25N3O4. The fourth-order valence-corrected chi connectivity index (χ4v) is 3.24. The van der Waals surface area contributed by atoms with E-state index >= 15 is 0 Å². The smallest absolute Gasteiger partial charge is 0.411 e. The largest absolute Gasteiger partial charge is 0.497 e. The number of amides is 1. The number of hydrogen-bond acceptors (Lipinski definition) is 5. The van der Waals surface area contributed by atoms with Crippen molar-refractivity contribution in [2.24, 2.45) is 0 Å². The third-order valence-corrected chi connectivity index (χ3v) is 4.53. The molecule has 0 unspecified atom stereocenters. The monoisotopic (exact) mass is 383 g/mol. The first-order valence-electron chi connectivity index (χ1n) is 9.07. The first-order chi connectivity index (χ1) is 13.6. The number of aromatic nitrogens is 1. The lowest BCUT2D eigenvalue weighted by molar-refractivity contribution is 0.107. The fourth-order valence-electron chi connectivity index (χ4n) is 3.24. The quantitative estimate of drug-likeness (QED) is 0.600. The zero-order valence-corrected chi connectivity index (χ0v) is 16.3. The van der Waals surface area contributed by atoms with Gasteiger partial charge in [-0.25, -0.2) is 4.79 Å². The highest BCUT2D eigenvalue weighted by molar-refractivity contribution is 6.01. The highest BCUT2D eigenvalue weighted by Crippen LogP contribution is 2.38. The fraction of sp³-hybridized carbons (Fsp3) is 0.286. The van der Waals surface area contributed by atoms with Crippen molar-refractivity contribution in [3.63, 3.8) is 0 Å². The minimum Gasteiger partial charge on any atom is -0.497 e. The average Bonchev–Trinajstić information content (AvgIpc) is 2.99. The van der Waals surface area contributed by atoms with Crippen LogP contribution < -0.4 is 15.8 Å². The van der Waals surface area contributed by atoms with Crippen LogP contribution in [0, 0.1) is 0 Å². The van der Waals surface area contributed by atoms with Crippen molar-refractivity contribution < 1.29 is 19.0 Å². The molecule has 148 valence electrons. The van der Waals surface area contributed by atoms with Crippen LogP contribution >= 0.6 is 0 Å². The summed E-state index contributed by atoms with van der Waals surface area (Å²) in [5.41, 5.74) is 10.6. The van der Waals surface area contributed by atoms with Crippen LogP contribution in [0.1, 0.15) is 6.92 Å². The average molecular weight is 383 g/mol. The molecular weight excluding hydrogens is 358 g/mol. The van der Waals surface area contributed by atoms with Crippen LogP contribution in [0.4, 0.5) is 16.2 Å². The van der Waals surface area contributed by atoms with E-state index in [0.29, 0.717) is 18.0 Å². The molecule has 0 aliphatic carbocycles. The van der Waals surface area contributed by atoms with Gasteiger partial charge >= 0.3 is 6.09 Å². The van der Waals surface area contributed by atoms with Gasteiger partial charge in [0.05, 0.1) is 30.6 Å². The van der Waals surface area contributed by atoms with E-state index in [-0.39, 0.29) is 6.61 Å². The highest BCUT2D eigenvalue weighted by atomic mass is 16.6. The van der Waals surface area contributed by atoms with Crippen molar-refractivity contribution in [2.75, 3.05) is 38.5 Å². The number of benzene rings is 2. The predicted molar refractivity (Wildman–Crippen MR) is 111 cm³/mol. The predicted octanol–water partition coefficient (Wildman–Crippen LogP) is 4.11. The molecule has 3 N–H and O–H groups in total. The Balaban J connectivity index is 1.96. The Hall–Kier alpha value is -3.19. The van der Waals surface area contributed by atoms with Crippen LogP contribution in [-0.2, 0) is 16.0 Å². The van der Waals surface area contributed by atoms with Gasteiger partial charge in [-0.3, -0.25) is 5.32 Å². The van der Waals surface area contributed by atoms with Gasteiger partial charge < -0.3 is 24.5 Å². The van der Waals surface area contributed by atoms with Crippen LogP contribution in [0.25, 0.3) is 22.2 Å². The van der Waals surface area contributed by atoms with E-state index in [1.54, 1.807) is 20.3 Å². The first-order valence-corrected chi connectivity index (χ1v) is 9.07. The van der Waals surface area contributed by atoms with Crippen molar-refractivity contribution in [1.29, 1.82) is 0 Å². The van der Waals surface area contributed by atoms with Gasteiger partial charge in [-0.2, -0.15) is 0 Å². The minimum absolute atomic E-state index is 0.195. The second-order valence-electron chi connectivity index (χ2n) is 6.22. The molecule has 0 aliphatic heterocycles. The van der Waals surface area contributed by atoms with E-state index < -0.39 is 6.09 Å². The summed E-state index contributed by atoms with van der Waals surface area (Å²) >= 11 is 0. The molecule has 1 aromatic heterocycles. The lowest BCUT2D eigenvalue weighted by atomic mass is 10.1. The number of nitrogens with two attached hydrogens (primary N) is 1. The Labute approximate surface area is 164 Å². The van der Waals surface area contributed by atoms with Gasteiger partial charge in [0.25, 0.3) is 0 Å². The summed E-state index contributed by atoms with van der Waals surface area (Å²) in [6, 6.07) is 13.4. The van der Waals surface area contributed by atoms with Crippen LogP contribution in [-0.4, -0.2) is 38.1 Å². The third kappa shape index (κ3) is 3.89. The molecule has 0 aliphatic rings. The van der Waals surface area contributed by atoms with Gasteiger partial charge in [-0.15, -0.1) is 0 Å². The van der Waals surface area contributed by atoms with Gasteiger partial charge in [0.15, 0.2) is 0 Å². The first kappa shape index (κ1) is 19.6. The lowest BCUT2D eigenvalue weighted by Crippen LogP contribution is -2.16. The Bertz CT molecular complexity index is 981. The SMILES string of the molecule is CCn1c(-c2cccc(NC(=O)OCCOC)c2)c(N)c2ccc(OC)cc21. The van der Waals surface area contributed by atoms with Gasteiger partial charge in [-0.1, -0.05) is 12.1 Å². The Morgan fingerprint density at radius 2 is 1.96 bits per heavy atom. The molecule has 7 nitrogen and oxygen atoms in total. The number of aryl methyl sites for hydroxylation is 1. The van der Waals surface area contributed by atoms with Gasteiger partial charge in [0, 0.05) is 36.4 Å². The number of rotatable bonds is 7. The molecule has 2 aromatic carbocycles. The highest BCUT2D eigenvalue weighted by Gasteiger charge is 2.17. The number of nitrogen functional groups attached to an aromatic ring is 1. The van der Waals surface area contributed by atoms with Crippen LogP contribution in [0.15, 0.2) is 42.5 Å². The summed E-state index contributed by atoms with van der Waals surface area (Å²) in [5, 5.41) is 3.70. The zero-order valence-electron chi connectivity index (χ0n) is 16.3. The van der Waals surface area contributed by atoms with Crippen LogP contribution in [0.3, 0.4) is 0 Å². The summed E-state index contributed by atoms with van der Waals surface area (Å²) in [5.74, 6) is 0.778. The molecule has 3 rings (SSSR count). The number of hydrogen-bond donors (Lipinski definition) is 2.